The zero-order chi connectivity index (χ0) is 20.2. The van der Waals surface area contributed by atoms with E-state index in [1.807, 2.05) is 56.3 Å². The van der Waals surface area contributed by atoms with Crippen LogP contribution >= 0.6 is 11.3 Å². The molecular formula is C22H22N2O4S. The van der Waals surface area contributed by atoms with Crippen molar-refractivity contribution in [2.24, 2.45) is 0 Å². The SMILES string of the molecule is CC(C)Oc1ncccc1CNC(=O)c1ccc(-c2ccc3c(c2)OCCO3)s1. The molecule has 0 fully saturated rings. The monoisotopic (exact) mass is 410 g/mol. The van der Waals surface area contributed by atoms with Crippen LogP contribution < -0.4 is 19.5 Å². The van der Waals surface area contributed by atoms with Crippen LogP contribution in [0.5, 0.6) is 17.4 Å². The first-order chi connectivity index (χ1) is 14.1. The summed E-state index contributed by atoms with van der Waals surface area (Å²) < 4.78 is 16.9. The molecule has 29 heavy (non-hydrogen) atoms. The van der Waals surface area contributed by atoms with Crippen molar-refractivity contribution in [1.82, 2.24) is 10.3 Å². The van der Waals surface area contributed by atoms with Crippen molar-refractivity contribution in [2.45, 2.75) is 26.5 Å². The molecule has 3 aromatic rings. The summed E-state index contributed by atoms with van der Waals surface area (Å²) in [5.74, 6) is 1.91. The molecule has 3 heterocycles. The predicted molar refractivity (Wildman–Crippen MR) is 112 cm³/mol. The summed E-state index contributed by atoms with van der Waals surface area (Å²) in [5.41, 5.74) is 1.84. The molecule has 1 aliphatic rings. The summed E-state index contributed by atoms with van der Waals surface area (Å²) in [6, 6.07) is 13.4. The predicted octanol–water partition coefficient (Wildman–Crippen LogP) is 4.30. The number of benzene rings is 1. The molecule has 1 amide bonds. The molecule has 4 rings (SSSR count). The van der Waals surface area contributed by atoms with Crippen LogP contribution in [0.15, 0.2) is 48.7 Å². The van der Waals surface area contributed by atoms with Crippen molar-refractivity contribution in [1.29, 1.82) is 0 Å². The van der Waals surface area contributed by atoms with Gasteiger partial charge in [-0.2, -0.15) is 0 Å². The summed E-state index contributed by atoms with van der Waals surface area (Å²) in [7, 11) is 0. The first-order valence-corrected chi connectivity index (χ1v) is 10.3. The quantitative estimate of drug-likeness (QED) is 0.656. The van der Waals surface area contributed by atoms with E-state index < -0.39 is 0 Å². The normalized spacial score (nSPS) is 12.7. The van der Waals surface area contributed by atoms with Crippen LogP contribution in [0.4, 0.5) is 0 Å². The number of hydrogen-bond acceptors (Lipinski definition) is 6. The van der Waals surface area contributed by atoms with Gasteiger partial charge in [0.2, 0.25) is 5.88 Å². The lowest BCUT2D eigenvalue weighted by atomic mass is 10.1. The van der Waals surface area contributed by atoms with E-state index in [2.05, 4.69) is 10.3 Å². The van der Waals surface area contributed by atoms with E-state index in [0.29, 0.717) is 30.5 Å². The van der Waals surface area contributed by atoms with E-state index in [4.69, 9.17) is 14.2 Å². The van der Waals surface area contributed by atoms with E-state index in [1.54, 1.807) is 6.20 Å². The molecule has 6 nitrogen and oxygen atoms in total. The number of ether oxygens (including phenoxy) is 3. The van der Waals surface area contributed by atoms with Gasteiger partial charge < -0.3 is 19.5 Å². The molecule has 7 heteroatoms. The van der Waals surface area contributed by atoms with E-state index in [0.717, 1.165) is 27.5 Å². The number of nitrogens with one attached hydrogen (secondary N) is 1. The van der Waals surface area contributed by atoms with Gasteiger partial charge in [-0.15, -0.1) is 11.3 Å². The van der Waals surface area contributed by atoms with E-state index >= 15 is 0 Å². The van der Waals surface area contributed by atoms with E-state index in [-0.39, 0.29) is 12.0 Å². The van der Waals surface area contributed by atoms with Crippen LogP contribution in [0, 0.1) is 0 Å². The third-order valence-corrected chi connectivity index (χ3v) is 5.43. The van der Waals surface area contributed by atoms with Crippen LogP contribution in [0.2, 0.25) is 0 Å². The first-order valence-electron chi connectivity index (χ1n) is 9.49. The minimum Gasteiger partial charge on any atom is -0.486 e. The van der Waals surface area contributed by atoms with E-state index in [1.165, 1.54) is 11.3 Å². The van der Waals surface area contributed by atoms with Gasteiger partial charge >= 0.3 is 0 Å². The maximum atomic E-state index is 12.6. The number of pyridine rings is 1. The third kappa shape index (κ3) is 4.51. The number of hydrogen-bond donors (Lipinski definition) is 1. The molecule has 0 saturated carbocycles. The Hall–Kier alpha value is -3.06. The van der Waals surface area contributed by atoms with Crippen LogP contribution in [0.1, 0.15) is 29.1 Å². The van der Waals surface area contributed by atoms with Gasteiger partial charge in [-0.05, 0) is 55.8 Å². The molecule has 150 valence electrons. The highest BCUT2D eigenvalue weighted by Gasteiger charge is 2.15. The minimum atomic E-state index is -0.127. The first kappa shape index (κ1) is 19.3. The Kier molecular flexibility index (Phi) is 5.67. The van der Waals surface area contributed by atoms with Crippen LogP contribution in [-0.4, -0.2) is 30.2 Å². The number of fused-ring (bicyclic) bond motifs is 1. The standard InChI is InChI=1S/C22H22N2O4S/c1-14(2)28-22-16(4-3-9-23-22)13-24-21(25)20-8-7-19(29-20)15-5-6-17-18(12-15)27-11-10-26-17/h3-9,12,14H,10-11,13H2,1-2H3,(H,24,25). The summed E-state index contributed by atoms with van der Waals surface area (Å²) in [4.78, 5) is 18.5. The fourth-order valence-electron chi connectivity index (χ4n) is 2.96. The summed E-state index contributed by atoms with van der Waals surface area (Å²) in [5, 5.41) is 2.95. The molecule has 1 aliphatic heterocycles. The van der Waals surface area contributed by atoms with E-state index in [9.17, 15) is 4.79 Å². The van der Waals surface area contributed by atoms with Crippen LogP contribution in [0.25, 0.3) is 10.4 Å². The molecule has 0 unspecified atom stereocenters. The molecule has 0 bridgehead atoms. The lowest BCUT2D eigenvalue weighted by Crippen LogP contribution is -2.22. The van der Waals surface area contributed by atoms with Crippen LogP contribution in [0.3, 0.4) is 0 Å². The maximum absolute atomic E-state index is 12.6. The minimum absolute atomic E-state index is 0.0187. The van der Waals surface area contributed by atoms with Gasteiger partial charge in [0.05, 0.1) is 11.0 Å². The Bertz CT molecular complexity index is 1020. The van der Waals surface area contributed by atoms with Crippen molar-refractivity contribution in [2.75, 3.05) is 13.2 Å². The number of carbonyl (C=O) groups is 1. The Morgan fingerprint density at radius 2 is 2.00 bits per heavy atom. The van der Waals surface area contributed by atoms with Gasteiger partial charge in [0.1, 0.15) is 13.2 Å². The molecule has 1 N–H and O–H groups in total. The summed E-state index contributed by atoms with van der Waals surface area (Å²) in [6.07, 6.45) is 1.70. The second kappa shape index (κ2) is 8.53. The van der Waals surface area contributed by atoms with Crippen molar-refractivity contribution >= 4 is 17.2 Å². The number of thiophene rings is 1. The Morgan fingerprint density at radius 3 is 2.83 bits per heavy atom. The summed E-state index contributed by atoms with van der Waals surface area (Å²) >= 11 is 1.44. The highest BCUT2D eigenvalue weighted by Crippen LogP contribution is 2.36. The van der Waals surface area contributed by atoms with Gasteiger partial charge in [-0.1, -0.05) is 6.07 Å². The number of nitrogens with zero attached hydrogens (tertiary/aromatic N) is 1. The Labute approximate surface area is 173 Å². The zero-order valence-electron chi connectivity index (χ0n) is 16.3. The lowest BCUT2D eigenvalue weighted by Gasteiger charge is -2.18. The van der Waals surface area contributed by atoms with Gasteiger partial charge in [0.25, 0.3) is 5.91 Å². The molecule has 0 saturated heterocycles. The lowest BCUT2D eigenvalue weighted by molar-refractivity contribution is 0.0954. The number of carbonyl (C=O) groups excluding carboxylic acids is 1. The summed E-state index contributed by atoms with van der Waals surface area (Å²) in [6.45, 7) is 5.36. The second-order valence-corrected chi connectivity index (χ2v) is 7.92. The van der Waals surface area contributed by atoms with Gasteiger partial charge in [-0.3, -0.25) is 4.79 Å². The topological polar surface area (TPSA) is 69.7 Å². The molecule has 0 spiro atoms. The number of aromatic nitrogens is 1. The third-order valence-electron chi connectivity index (χ3n) is 4.29. The molecule has 0 aliphatic carbocycles. The fourth-order valence-corrected chi connectivity index (χ4v) is 3.88. The Morgan fingerprint density at radius 1 is 1.17 bits per heavy atom. The second-order valence-electron chi connectivity index (χ2n) is 6.84. The van der Waals surface area contributed by atoms with Crippen molar-refractivity contribution in [3.63, 3.8) is 0 Å². The van der Waals surface area contributed by atoms with Gasteiger partial charge in [0.15, 0.2) is 11.5 Å². The van der Waals surface area contributed by atoms with Gasteiger partial charge in [0, 0.05) is 23.2 Å². The molecule has 0 radical (unpaired) electrons. The Balaban J connectivity index is 1.44. The van der Waals surface area contributed by atoms with Crippen molar-refractivity contribution < 1.29 is 19.0 Å². The fraction of sp³-hybridized carbons (Fsp3) is 0.273. The molecule has 0 atom stereocenters. The average Bonchev–Trinajstić information content (AvgIpc) is 3.22. The average molecular weight is 410 g/mol. The molecule has 1 aromatic carbocycles. The van der Waals surface area contributed by atoms with Crippen molar-refractivity contribution in [3.8, 4) is 27.8 Å². The smallest absolute Gasteiger partial charge is 0.261 e. The molecule has 2 aromatic heterocycles. The molecular weight excluding hydrogens is 388 g/mol. The largest absolute Gasteiger partial charge is 0.486 e. The maximum Gasteiger partial charge on any atom is 0.261 e. The van der Waals surface area contributed by atoms with Crippen LogP contribution in [-0.2, 0) is 6.54 Å². The van der Waals surface area contributed by atoms with Crippen molar-refractivity contribution in [3.05, 3.63) is 59.1 Å². The number of rotatable bonds is 6. The number of amides is 1. The van der Waals surface area contributed by atoms with Gasteiger partial charge in [-0.25, -0.2) is 4.98 Å². The highest BCUT2D eigenvalue weighted by atomic mass is 32.1. The zero-order valence-corrected chi connectivity index (χ0v) is 17.1. The highest BCUT2D eigenvalue weighted by molar-refractivity contribution is 7.17.